The molecule has 1 atom stereocenters. The normalized spacial score (nSPS) is 13.2. The summed E-state index contributed by atoms with van der Waals surface area (Å²) in [4.78, 5) is 11.9. The highest BCUT2D eigenvalue weighted by Crippen LogP contribution is 2.31. The molecule has 2 rings (SSSR count). The number of carbonyl (C=O) groups is 1. The third kappa shape index (κ3) is 5.15. The van der Waals surface area contributed by atoms with E-state index in [2.05, 4.69) is 0 Å². The Morgan fingerprint density at radius 1 is 1.00 bits per heavy atom. The third-order valence-electron chi connectivity index (χ3n) is 3.16. The number of benzene rings is 2. The van der Waals surface area contributed by atoms with Crippen LogP contribution in [0.4, 0.5) is 0 Å². The average molecular weight is 380 g/mol. The Balaban J connectivity index is 2.42. The molecule has 8 heteroatoms. The Labute approximate surface area is 148 Å². The second-order valence-electron chi connectivity index (χ2n) is 6.40. The number of rotatable bonds is 7. The van der Waals surface area contributed by atoms with Crippen LogP contribution in [0.25, 0.3) is 0 Å². The lowest BCUT2D eigenvalue weighted by Gasteiger charge is -2.25. The molecular weight excluding hydrogens is 358 g/mol. The molecule has 0 bridgehead atoms. The maximum Gasteiger partial charge on any atom is 0.339 e. The van der Waals surface area contributed by atoms with Crippen LogP contribution in [0.5, 0.6) is 5.75 Å². The van der Waals surface area contributed by atoms with Crippen LogP contribution in [0.1, 0.15) is 11.7 Å². The van der Waals surface area contributed by atoms with Crippen LogP contribution in [0.15, 0.2) is 59.5 Å². The monoisotopic (exact) mass is 379 g/mol. The molecule has 0 aliphatic carbocycles. The number of carbonyl (C=O) groups excluding carboxylic acids is 1. The van der Waals surface area contributed by atoms with Crippen molar-refractivity contribution >= 4 is 24.3 Å². The first-order chi connectivity index (χ1) is 11.6. The SMILES string of the molecule is C[Si](C)(C)OC(C(N)=O)c1ccccc1OS(=O)(=O)c1ccccc1. The average Bonchev–Trinajstić information content (AvgIpc) is 2.53. The predicted molar refractivity (Wildman–Crippen MR) is 97.1 cm³/mol. The number of hydrogen-bond acceptors (Lipinski definition) is 5. The van der Waals surface area contributed by atoms with E-state index in [1.54, 1.807) is 36.4 Å². The molecule has 0 radical (unpaired) electrons. The number of amides is 1. The van der Waals surface area contributed by atoms with E-state index in [9.17, 15) is 13.2 Å². The fourth-order valence-corrected chi connectivity index (χ4v) is 4.08. The smallest absolute Gasteiger partial charge is 0.339 e. The second-order valence-corrected chi connectivity index (χ2v) is 12.4. The van der Waals surface area contributed by atoms with Crippen molar-refractivity contribution in [3.63, 3.8) is 0 Å². The van der Waals surface area contributed by atoms with Gasteiger partial charge in [-0.25, -0.2) is 0 Å². The van der Waals surface area contributed by atoms with E-state index < -0.39 is 30.4 Å². The van der Waals surface area contributed by atoms with Gasteiger partial charge >= 0.3 is 10.1 Å². The zero-order valence-corrected chi connectivity index (χ0v) is 16.1. The van der Waals surface area contributed by atoms with Gasteiger partial charge in [0.25, 0.3) is 0 Å². The molecular formula is C17H21NO5SSi. The Morgan fingerprint density at radius 2 is 1.56 bits per heavy atom. The van der Waals surface area contributed by atoms with Crippen LogP contribution in [0.3, 0.4) is 0 Å². The fourth-order valence-electron chi connectivity index (χ4n) is 2.15. The van der Waals surface area contributed by atoms with Gasteiger partial charge in [0.1, 0.15) is 10.6 Å². The van der Waals surface area contributed by atoms with Gasteiger partial charge in [0.05, 0.1) is 0 Å². The predicted octanol–water partition coefficient (Wildman–Crippen LogP) is 2.83. The first kappa shape index (κ1) is 19.2. The summed E-state index contributed by atoms with van der Waals surface area (Å²) in [7, 11) is -6.15. The minimum Gasteiger partial charge on any atom is -0.402 e. The third-order valence-corrected chi connectivity index (χ3v) is 5.35. The number of hydrogen-bond donors (Lipinski definition) is 1. The van der Waals surface area contributed by atoms with Crippen molar-refractivity contribution in [3.8, 4) is 5.75 Å². The molecule has 6 nitrogen and oxygen atoms in total. The van der Waals surface area contributed by atoms with Crippen LogP contribution in [-0.2, 0) is 19.3 Å². The van der Waals surface area contributed by atoms with Crippen molar-refractivity contribution in [3.05, 3.63) is 60.2 Å². The van der Waals surface area contributed by atoms with E-state index in [0.717, 1.165) is 0 Å². The van der Waals surface area contributed by atoms with Gasteiger partial charge in [-0.3, -0.25) is 4.79 Å². The summed E-state index contributed by atoms with van der Waals surface area (Å²) >= 11 is 0. The zero-order valence-electron chi connectivity index (χ0n) is 14.3. The molecule has 2 N–H and O–H groups in total. The molecule has 134 valence electrons. The second kappa shape index (κ2) is 7.38. The van der Waals surface area contributed by atoms with Gasteiger partial charge in [0.15, 0.2) is 14.4 Å². The summed E-state index contributed by atoms with van der Waals surface area (Å²) in [5, 5.41) is 0. The summed E-state index contributed by atoms with van der Waals surface area (Å²) in [6.45, 7) is 5.73. The minimum absolute atomic E-state index is 0.0199. The van der Waals surface area contributed by atoms with Crippen LogP contribution < -0.4 is 9.92 Å². The number of nitrogens with two attached hydrogens (primary N) is 1. The summed E-state index contributed by atoms with van der Waals surface area (Å²) in [5.41, 5.74) is 5.76. The first-order valence-corrected chi connectivity index (χ1v) is 12.5. The Kier molecular flexibility index (Phi) is 5.66. The van der Waals surface area contributed by atoms with Crippen LogP contribution >= 0.6 is 0 Å². The quantitative estimate of drug-likeness (QED) is 0.589. The van der Waals surface area contributed by atoms with Gasteiger partial charge in [0.2, 0.25) is 5.91 Å². The van der Waals surface area contributed by atoms with E-state index in [4.69, 9.17) is 14.3 Å². The Bertz CT molecular complexity index is 847. The van der Waals surface area contributed by atoms with Crippen LogP contribution in [0, 0.1) is 0 Å². The Morgan fingerprint density at radius 3 is 2.12 bits per heavy atom. The van der Waals surface area contributed by atoms with E-state index in [0.29, 0.717) is 0 Å². The molecule has 1 amide bonds. The topological polar surface area (TPSA) is 95.7 Å². The van der Waals surface area contributed by atoms with E-state index in [-0.39, 0.29) is 16.2 Å². The Hall–Kier alpha value is -2.16. The van der Waals surface area contributed by atoms with Gasteiger partial charge in [-0.1, -0.05) is 36.4 Å². The van der Waals surface area contributed by atoms with Gasteiger partial charge in [-0.05, 0) is 37.8 Å². The maximum absolute atomic E-state index is 12.5. The molecule has 0 aromatic heterocycles. The number of para-hydroxylation sites is 1. The minimum atomic E-state index is -4.04. The molecule has 1 unspecified atom stereocenters. The summed E-state index contributed by atoms with van der Waals surface area (Å²) < 4.78 is 36.0. The van der Waals surface area contributed by atoms with Gasteiger partial charge in [0, 0.05) is 5.56 Å². The molecule has 0 fully saturated rings. The van der Waals surface area contributed by atoms with Crippen molar-refractivity contribution in [1.82, 2.24) is 0 Å². The molecule has 0 aliphatic heterocycles. The lowest BCUT2D eigenvalue weighted by Crippen LogP contribution is -2.34. The highest BCUT2D eigenvalue weighted by atomic mass is 32.2. The molecule has 0 saturated heterocycles. The zero-order chi connectivity index (χ0) is 18.7. The largest absolute Gasteiger partial charge is 0.402 e. The van der Waals surface area contributed by atoms with Gasteiger partial charge in [-0.2, -0.15) is 8.42 Å². The molecule has 25 heavy (non-hydrogen) atoms. The molecule has 0 heterocycles. The maximum atomic E-state index is 12.5. The highest BCUT2D eigenvalue weighted by Gasteiger charge is 2.30. The molecule has 0 saturated carbocycles. The van der Waals surface area contributed by atoms with Crippen LogP contribution in [-0.4, -0.2) is 22.6 Å². The standard InChI is InChI=1S/C17H21NO5SSi/c1-25(2,3)23-16(17(18)19)14-11-7-8-12-15(14)22-24(20,21)13-9-5-4-6-10-13/h4-12,16H,1-3H3,(H2,18,19). The van der Waals surface area contributed by atoms with Crippen molar-refractivity contribution in [1.29, 1.82) is 0 Å². The molecule has 0 aliphatic rings. The van der Waals surface area contributed by atoms with Crippen LogP contribution in [0.2, 0.25) is 19.6 Å². The molecule has 0 spiro atoms. The van der Waals surface area contributed by atoms with Crippen molar-refractivity contribution < 1.29 is 21.8 Å². The molecule has 2 aromatic rings. The first-order valence-electron chi connectivity index (χ1n) is 7.66. The summed E-state index contributed by atoms with van der Waals surface area (Å²) in [6.07, 6.45) is -1.08. The van der Waals surface area contributed by atoms with E-state index in [1.165, 1.54) is 18.2 Å². The van der Waals surface area contributed by atoms with Crippen molar-refractivity contribution in [2.24, 2.45) is 5.73 Å². The summed E-state index contributed by atoms with van der Waals surface area (Å²) in [6, 6.07) is 14.1. The lowest BCUT2D eigenvalue weighted by atomic mass is 10.1. The lowest BCUT2D eigenvalue weighted by molar-refractivity contribution is -0.125. The molecule has 2 aromatic carbocycles. The van der Waals surface area contributed by atoms with Gasteiger partial charge < -0.3 is 14.3 Å². The fraction of sp³-hybridized carbons (Fsp3) is 0.235. The van der Waals surface area contributed by atoms with Crippen molar-refractivity contribution in [2.45, 2.75) is 30.6 Å². The van der Waals surface area contributed by atoms with E-state index in [1.807, 2.05) is 19.6 Å². The van der Waals surface area contributed by atoms with E-state index >= 15 is 0 Å². The number of primary amides is 1. The highest BCUT2D eigenvalue weighted by molar-refractivity contribution is 7.87. The van der Waals surface area contributed by atoms with Crippen molar-refractivity contribution in [2.75, 3.05) is 0 Å². The summed E-state index contributed by atoms with van der Waals surface area (Å²) in [5.74, 6) is -0.677. The van der Waals surface area contributed by atoms with Gasteiger partial charge in [-0.15, -0.1) is 0 Å².